The Morgan fingerprint density at radius 3 is 2.55 bits per heavy atom. The summed E-state index contributed by atoms with van der Waals surface area (Å²) in [5, 5.41) is 9.47. The van der Waals surface area contributed by atoms with Gasteiger partial charge in [0.1, 0.15) is 17.4 Å². The van der Waals surface area contributed by atoms with Gasteiger partial charge in [-0.1, -0.05) is 18.2 Å². The molecule has 0 radical (unpaired) electrons. The second kappa shape index (κ2) is 4.50. The smallest absolute Gasteiger partial charge is 0.152 e. The van der Waals surface area contributed by atoms with E-state index in [1.807, 2.05) is 35.7 Å². The summed E-state index contributed by atoms with van der Waals surface area (Å²) in [4.78, 5) is 4.61. The molecule has 3 rings (SSSR count). The van der Waals surface area contributed by atoms with Crippen LogP contribution < -0.4 is 0 Å². The predicted molar refractivity (Wildman–Crippen MR) is 79.6 cm³/mol. The number of aromatic nitrogens is 2. The molecule has 20 heavy (non-hydrogen) atoms. The average Bonchev–Trinajstić information content (AvgIpc) is 2.79. The summed E-state index contributed by atoms with van der Waals surface area (Å²) in [6.45, 7) is 6.17. The molecule has 0 fully saturated rings. The minimum Gasteiger partial charge on any atom is -0.290 e. The number of imidazole rings is 1. The second-order valence-electron chi connectivity index (χ2n) is 5.15. The molecule has 2 aromatic heterocycles. The molecule has 3 heteroatoms. The largest absolute Gasteiger partial charge is 0.290 e. The van der Waals surface area contributed by atoms with Crippen LogP contribution in [0, 0.1) is 32.1 Å². The molecule has 0 bridgehead atoms. The van der Waals surface area contributed by atoms with Crippen molar-refractivity contribution in [2.45, 2.75) is 20.8 Å². The minimum atomic E-state index is 0.590. The lowest BCUT2D eigenvalue weighted by molar-refractivity contribution is 1.13. The zero-order valence-electron chi connectivity index (χ0n) is 11.8. The monoisotopic (exact) mass is 261 g/mol. The fourth-order valence-electron chi connectivity index (χ4n) is 2.35. The van der Waals surface area contributed by atoms with Crippen LogP contribution in [0.1, 0.15) is 22.4 Å². The van der Waals surface area contributed by atoms with E-state index in [0.29, 0.717) is 5.69 Å². The molecule has 0 saturated carbocycles. The van der Waals surface area contributed by atoms with Crippen molar-refractivity contribution < 1.29 is 0 Å². The number of rotatable bonds is 1. The topological polar surface area (TPSA) is 41.1 Å². The minimum absolute atomic E-state index is 0.590. The summed E-state index contributed by atoms with van der Waals surface area (Å²) in [6, 6.07) is 12.4. The average molecular weight is 261 g/mol. The van der Waals surface area contributed by atoms with Gasteiger partial charge in [0.15, 0.2) is 5.69 Å². The van der Waals surface area contributed by atoms with Gasteiger partial charge in [0, 0.05) is 11.8 Å². The molecule has 0 N–H and O–H groups in total. The van der Waals surface area contributed by atoms with Crippen molar-refractivity contribution in [2.24, 2.45) is 0 Å². The SMILES string of the molecule is Cc1ccc2nc(-c3ccc(C)c(C)c3)c(C#N)n2c1. The van der Waals surface area contributed by atoms with Crippen molar-refractivity contribution in [2.75, 3.05) is 0 Å². The van der Waals surface area contributed by atoms with E-state index in [1.54, 1.807) is 0 Å². The van der Waals surface area contributed by atoms with Gasteiger partial charge in [-0.25, -0.2) is 4.98 Å². The Bertz CT molecular complexity index is 851. The first-order chi connectivity index (χ1) is 9.60. The molecule has 98 valence electrons. The molecule has 3 nitrogen and oxygen atoms in total. The maximum Gasteiger partial charge on any atom is 0.152 e. The van der Waals surface area contributed by atoms with Gasteiger partial charge < -0.3 is 0 Å². The quantitative estimate of drug-likeness (QED) is 0.668. The Balaban J connectivity index is 2.31. The maximum absolute atomic E-state index is 9.47. The highest BCUT2D eigenvalue weighted by molar-refractivity contribution is 5.70. The highest BCUT2D eigenvalue weighted by Crippen LogP contribution is 2.26. The third-order valence-electron chi connectivity index (χ3n) is 3.65. The van der Waals surface area contributed by atoms with Gasteiger partial charge >= 0.3 is 0 Å². The van der Waals surface area contributed by atoms with Crippen LogP contribution in [0.15, 0.2) is 36.5 Å². The highest BCUT2D eigenvalue weighted by atomic mass is 15.0. The number of nitriles is 1. The fourth-order valence-corrected chi connectivity index (χ4v) is 2.35. The van der Waals surface area contributed by atoms with Gasteiger partial charge in [0.05, 0.1) is 0 Å². The summed E-state index contributed by atoms with van der Waals surface area (Å²) in [7, 11) is 0. The van der Waals surface area contributed by atoms with E-state index in [2.05, 4.69) is 37.0 Å². The molecule has 0 aliphatic heterocycles. The van der Waals surface area contributed by atoms with E-state index in [4.69, 9.17) is 0 Å². The van der Waals surface area contributed by atoms with Gasteiger partial charge in [-0.05, 0) is 49.6 Å². The van der Waals surface area contributed by atoms with Gasteiger partial charge in [-0.15, -0.1) is 0 Å². The Hall–Kier alpha value is -2.60. The summed E-state index contributed by atoms with van der Waals surface area (Å²) in [5.74, 6) is 0. The lowest BCUT2D eigenvalue weighted by Gasteiger charge is -2.03. The number of benzene rings is 1. The number of hydrogen-bond acceptors (Lipinski definition) is 2. The second-order valence-corrected chi connectivity index (χ2v) is 5.15. The van der Waals surface area contributed by atoms with E-state index >= 15 is 0 Å². The zero-order valence-corrected chi connectivity index (χ0v) is 11.8. The Morgan fingerprint density at radius 2 is 1.85 bits per heavy atom. The van der Waals surface area contributed by atoms with Crippen molar-refractivity contribution in [3.63, 3.8) is 0 Å². The Kier molecular flexibility index (Phi) is 2.80. The fraction of sp³-hybridized carbons (Fsp3) is 0.176. The molecule has 3 aromatic rings. The third-order valence-corrected chi connectivity index (χ3v) is 3.65. The normalized spacial score (nSPS) is 10.7. The number of aryl methyl sites for hydroxylation is 3. The number of hydrogen-bond donors (Lipinski definition) is 0. The number of nitrogens with zero attached hydrogens (tertiary/aromatic N) is 3. The molecular formula is C17H15N3. The standard InChI is InChI=1S/C17H15N3/c1-11-4-7-16-19-17(15(9-18)20(16)10-11)14-6-5-12(2)13(3)8-14/h4-8,10H,1-3H3. The van der Waals surface area contributed by atoms with Crippen LogP contribution in [0.3, 0.4) is 0 Å². The predicted octanol–water partition coefficient (Wildman–Crippen LogP) is 3.80. The van der Waals surface area contributed by atoms with Crippen LogP contribution in [-0.4, -0.2) is 9.38 Å². The summed E-state index contributed by atoms with van der Waals surface area (Å²) >= 11 is 0. The summed E-state index contributed by atoms with van der Waals surface area (Å²) in [6.07, 6.45) is 1.95. The van der Waals surface area contributed by atoms with Crippen molar-refractivity contribution in [3.05, 3.63) is 58.9 Å². The van der Waals surface area contributed by atoms with E-state index < -0.39 is 0 Å². The van der Waals surface area contributed by atoms with Crippen molar-refractivity contribution in [3.8, 4) is 17.3 Å². The van der Waals surface area contributed by atoms with E-state index in [9.17, 15) is 5.26 Å². The molecule has 0 amide bonds. The van der Waals surface area contributed by atoms with Crippen molar-refractivity contribution >= 4 is 5.65 Å². The maximum atomic E-state index is 9.47. The van der Waals surface area contributed by atoms with Crippen LogP contribution in [0.5, 0.6) is 0 Å². The van der Waals surface area contributed by atoms with E-state index in [1.165, 1.54) is 11.1 Å². The highest BCUT2D eigenvalue weighted by Gasteiger charge is 2.14. The van der Waals surface area contributed by atoms with Crippen LogP contribution in [0.4, 0.5) is 0 Å². The number of fused-ring (bicyclic) bond motifs is 1. The Morgan fingerprint density at radius 1 is 1.05 bits per heavy atom. The Labute approximate surface area is 118 Å². The molecule has 2 heterocycles. The van der Waals surface area contributed by atoms with E-state index in [0.717, 1.165) is 22.5 Å². The summed E-state index contributed by atoms with van der Waals surface area (Å²) in [5.41, 5.74) is 6.70. The van der Waals surface area contributed by atoms with Crippen LogP contribution >= 0.6 is 0 Å². The van der Waals surface area contributed by atoms with Gasteiger partial charge in [0.2, 0.25) is 0 Å². The van der Waals surface area contributed by atoms with Gasteiger partial charge in [0.25, 0.3) is 0 Å². The molecule has 0 spiro atoms. The van der Waals surface area contributed by atoms with Gasteiger partial charge in [-0.3, -0.25) is 4.40 Å². The number of pyridine rings is 1. The molecule has 0 unspecified atom stereocenters. The molecular weight excluding hydrogens is 246 g/mol. The lowest BCUT2D eigenvalue weighted by atomic mass is 10.0. The molecule has 0 aliphatic rings. The molecule has 1 aromatic carbocycles. The molecule has 0 aliphatic carbocycles. The first-order valence-electron chi connectivity index (χ1n) is 6.56. The third kappa shape index (κ3) is 1.86. The first-order valence-corrected chi connectivity index (χ1v) is 6.56. The molecule has 0 atom stereocenters. The zero-order chi connectivity index (χ0) is 14.3. The van der Waals surface area contributed by atoms with Crippen molar-refractivity contribution in [1.82, 2.24) is 9.38 Å². The van der Waals surface area contributed by atoms with Crippen LogP contribution in [-0.2, 0) is 0 Å². The van der Waals surface area contributed by atoms with Crippen LogP contribution in [0.2, 0.25) is 0 Å². The first kappa shape index (κ1) is 12.4. The molecule has 0 saturated heterocycles. The summed E-state index contributed by atoms with van der Waals surface area (Å²) < 4.78 is 1.86. The lowest BCUT2D eigenvalue weighted by Crippen LogP contribution is -1.90. The van der Waals surface area contributed by atoms with Crippen LogP contribution in [0.25, 0.3) is 16.9 Å². The van der Waals surface area contributed by atoms with Crippen molar-refractivity contribution in [1.29, 1.82) is 5.26 Å². The van der Waals surface area contributed by atoms with E-state index in [-0.39, 0.29) is 0 Å². The van der Waals surface area contributed by atoms with Gasteiger partial charge in [-0.2, -0.15) is 5.26 Å².